The molecule has 22 heavy (non-hydrogen) atoms. The van der Waals surface area contributed by atoms with Crippen LogP contribution in [0.2, 0.25) is 0 Å². The molecule has 0 aliphatic rings. The number of ether oxygens (including phenoxy) is 2. The summed E-state index contributed by atoms with van der Waals surface area (Å²) in [5.74, 6) is 0.245. The molecule has 0 bridgehead atoms. The normalized spacial score (nSPS) is 10.6. The third-order valence-electron chi connectivity index (χ3n) is 3.24. The highest BCUT2D eigenvalue weighted by molar-refractivity contribution is 5.87. The summed E-state index contributed by atoms with van der Waals surface area (Å²) in [6.45, 7) is 0. The maximum absolute atomic E-state index is 12.5. The number of furan rings is 1. The fraction of sp³-hybridized carbons (Fsp3) is 0.125. The summed E-state index contributed by atoms with van der Waals surface area (Å²) in [5, 5.41) is 0.398. The van der Waals surface area contributed by atoms with E-state index in [0.717, 1.165) is 0 Å². The predicted molar refractivity (Wildman–Crippen MR) is 78.1 cm³/mol. The molecule has 3 aromatic rings. The monoisotopic (exact) mass is 300 g/mol. The van der Waals surface area contributed by atoms with Crippen LogP contribution in [0.25, 0.3) is 22.3 Å². The van der Waals surface area contributed by atoms with Gasteiger partial charge in [-0.25, -0.2) is 4.79 Å². The molecular formula is C16H12O6. The van der Waals surface area contributed by atoms with Crippen LogP contribution in [-0.4, -0.2) is 20.2 Å². The number of fused-ring (bicyclic) bond motifs is 1. The van der Waals surface area contributed by atoms with Crippen LogP contribution < -0.4 is 10.2 Å². The lowest BCUT2D eigenvalue weighted by molar-refractivity contribution is 0.0566. The second kappa shape index (κ2) is 5.40. The van der Waals surface area contributed by atoms with Crippen molar-refractivity contribution < 1.29 is 23.1 Å². The molecule has 3 rings (SSSR count). The Kier molecular flexibility index (Phi) is 3.42. The van der Waals surface area contributed by atoms with Crippen LogP contribution in [0.15, 0.2) is 50.2 Å². The highest BCUT2D eigenvalue weighted by Gasteiger charge is 2.16. The number of carbonyl (C=O) groups is 1. The van der Waals surface area contributed by atoms with Gasteiger partial charge in [0.15, 0.2) is 0 Å². The molecule has 0 unspecified atom stereocenters. The Hall–Kier alpha value is -3.02. The second-order valence-corrected chi connectivity index (χ2v) is 4.50. The lowest BCUT2D eigenvalue weighted by atomic mass is 10.1. The van der Waals surface area contributed by atoms with E-state index >= 15 is 0 Å². The largest absolute Gasteiger partial charge is 0.497 e. The molecule has 0 saturated carbocycles. The van der Waals surface area contributed by atoms with Gasteiger partial charge in [0.25, 0.3) is 0 Å². The summed E-state index contributed by atoms with van der Waals surface area (Å²) in [6.07, 6.45) is 1.30. The number of hydrogen-bond donors (Lipinski definition) is 0. The van der Waals surface area contributed by atoms with Crippen molar-refractivity contribution in [1.82, 2.24) is 0 Å². The van der Waals surface area contributed by atoms with E-state index in [4.69, 9.17) is 13.6 Å². The van der Waals surface area contributed by atoms with Gasteiger partial charge < -0.3 is 18.3 Å². The average molecular weight is 300 g/mol. The zero-order chi connectivity index (χ0) is 15.7. The molecule has 0 amide bonds. The van der Waals surface area contributed by atoms with Gasteiger partial charge in [-0.05, 0) is 24.3 Å². The summed E-state index contributed by atoms with van der Waals surface area (Å²) < 4.78 is 20.4. The summed E-state index contributed by atoms with van der Waals surface area (Å²) in [6, 6.07) is 7.88. The van der Waals surface area contributed by atoms with Gasteiger partial charge in [0.1, 0.15) is 28.9 Å². The third kappa shape index (κ3) is 2.24. The number of methoxy groups -OCH3 is 2. The van der Waals surface area contributed by atoms with Crippen molar-refractivity contribution in [2.45, 2.75) is 0 Å². The Bertz CT molecular complexity index is 902. The molecule has 6 nitrogen and oxygen atoms in total. The molecule has 0 saturated heterocycles. The van der Waals surface area contributed by atoms with E-state index in [2.05, 4.69) is 4.74 Å². The zero-order valence-electron chi connectivity index (χ0n) is 11.9. The van der Waals surface area contributed by atoms with Crippen molar-refractivity contribution in [2.75, 3.05) is 14.2 Å². The molecule has 0 fully saturated rings. The molecule has 112 valence electrons. The zero-order valence-corrected chi connectivity index (χ0v) is 11.9. The smallest absolute Gasteiger partial charge is 0.373 e. The molecular weight excluding hydrogens is 288 g/mol. The van der Waals surface area contributed by atoms with E-state index in [1.54, 1.807) is 18.2 Å². The first kappa shape index (κ1) is 13.9. The van der Waals surface area contributed by atoms with Gasteiger partial charge in [-0.2, -0.15) is 0 Å². The first-order valence-corrected chi connectivity index (χ1v) is 6.42. The summed E-state index contributed by atoms with van der Waals surface area (Å²) in [4.78, 5) is 23.9. The number of esters is 1. The predicted octanol–water partition coefficient (Wildman–Crippen LogP) is 2.85. The van der Waals surface area contributed by atoms with Crippen molar-refractivity contribution in [1.29, 1.82) is 0 Å². The van der Waals surface area contributed by atoms with E-state index < -0.39 is 5.97 Å². The molecule has 0 aliphatic heterocycles. The topological polar surface area (TPSA) is 78.9 Å². The molecule has 6 heteroatoms. The lowest BCUT2D eigenvalue weighted by Gasteiger charge is -2.02. The maximum atomic E-state index is 12.5. The van der Waals surface area contributed by atoms with E-state index in [9.17, 15) is 9.59 Å². The van der Waals surface area contributed by atoms with Crippen molar-refractivity contribution in [3.63, 3.8) is 0 Å². The highest BCUT2D eigenvalue weighted by Crippen LogP contribution is 2.24. The van der Waals surface area contributed by atoms with Crippen molar-refractivity contribution in [3.05, 3.63) is 52.6 Å². The second-order valence-electron chi connectivity index (χ2n) is 4.50. The number of rotatable bonds is 3. The van der Waals surface area contributed by atoms with E-state index in [1.807, 2.05) is 0 Å². The number of hydrogen-bond acceptors (Lipinski definition) is 6. The minimum absolute atomic E-state index is 0.0201. The average Bonchev–Trinajstić information content (AvgIpc) is 3.03. The highest BCUT2D eigenvalue weighted by atomic mass is 16.5. The molecule has 0 spiro atoms. The summed E-state index contributed by atoms with van der Waals surface area (Å²) in [7, 11) is 2.78. The van der Waals surface area contributed by atoms with Gasteiger partial charge in [-0.3, -0.25) is 4.79 Å². The standard InChI is InChI=1S/C16H12O6/c1-19-9-3-4-10-14(7-9)21-8-11(15(10)17)12-5-6-13(22-12)16(18)20-2/h3-8H,1-2H3. The van der Waals surface area contributed by atoms with Crippen molar-refractivity contribution in [2.24, 2.45) is 0 Å². The fourth-order valence-electron chi connectivity index (χ4n) is 2.10. The van der Waals surface area contributed by atoms with Crippen molar-refractivity contribution in [3.8, 4) is 17.1 Å². The van der Waals surface area contributed by atoms with Crippen LogP contribution in [0.1, 0.15) is 10.6 Å². The van der Waals surface area contributed by atoms with Gasteiger partial charge in [0.2, 0.25) is 11.2 Å². The van der Waals surface area contributed by atoms with E-state index in [0.29, 0.717) is 16.7 Å². The van der Waals surface area contributed by atoms with Crippen molar-refractivity contribution >= 4 is 16.9 Å². The van der Waals surface area contributed by atoms with Crippen LogP contribution in [0.3, 0.4) is 0 Å². The molecule has 0 radical (unpaired) electrons. The Morgan fingerprint density at radius 2 is 1.95 bits per heavy atom. The van der Waals surface area contributed by atoms with E-state index in [-0.39, 0.29) is 22.5 Å². The Labute approximate surface area is 124 Å². The molecule has 2 aromatic heterocycles. The summed E-state index contributed by atoms with van der Waals surface area (Å²) in [5.41, 5.74) is 0.385. The van der Waals surface area contributed by atoms with Gasteiger partial charge in [0.05, 0.1) is 19.6 Å². The Morgan fingerprint density at radius 1 is 1.14 bits per heavy atom. The minimum atomic E-state index is -0.610. The molecule has 0 aliphatic carbocycles. The SMILES string of the molecule is COC(=O)c1ccc(-c2coc3cc(OC)ccc3c2=O)o1. The molecule has 1 aromatic carbocycles. The molecule has 0 N–H and O–H groups in total. The van der Waals surface area contributed by atoms with Crippen LogP contribution in [0.5, 0.6) is 5.75 Å². The van der Waals surface area contributed by atoms with Gasteiger partial charge in [-0.15, -0.1) is 0 Å². The quantitative estimate of drug-likeness (QED) is 0.692. The minimum Gasteiger partial charge on any atom is -0.497 e. The first-order valence-electron chi connectivity index (χ1n) is 6.42. The molecule has 2 heterocycles. The van der Waals surface area contributed by atoms with Crippen LogP contribution in [0, 0.1) is 0 Å². The number of benzene rings is 1. The van der Waals surface area contributed by atoms with Gasteiger partial charge in [0, 0.05) is 6.07 Å². The van der Waals surface area contributed by atoms with Crippen LogP contribution >= 0.6 is 0 Å². The Morgan fingerprint density at radius 3 is 2.68 bits per heavy atom. The van der Waals surface area contributed by atoms with E-state index in [1.165, 1.54) is 32.6 Å². The number of carbonyl (C=O) groups excluding carboxylic acids is 1. The Balaban J connectivity index is 2.12. The summed E-state index contributed by atoms with van der Waals surface area (Å²) >= 11 is 0. The lowest BCUT2D eigenvalue weighted by Crippen LogP contribution is -2.04. The fourth-order valence-corrected chi connectivity index (χ4v) is 2.10. The van der Waals surface area contributed by atoms with Gasteiger partial charge in [-0.1, -0.05) is 0 Å². The van der Waals surface area contributed by atoms with Crippen LogP contribution in [-0.2, 0) is 4.74 Å². The maximum Gasteiger partial charge on any atom is 0.373 e. The first-order chi connectivity index (χ1) is 10.6. The van der Waals surface area contributed by atoms with Crippen LogP contribution in [0.4, 0.5) is 0 Å². The molecule has 0 atom stereocenters. The third-order valence-corrected chi connectivity index (χ3v) is 3.24. The van der Waals surface area contributed by atoms with Gasteiger partial charge >= 0.3 is 5.97 Å².